The number of nitrogens with zero attached hydrogens (tertiary/aromatic N) is 2. The lowest BCUT2D eigenvalue weighted by molar-refractivity contribution is 0.304. The number of ether oxygens (including phenoxy) is 2. The van der Waals surface area contributed by atoms with Gasteiger partial charge in [0.05, 0.1) is 13.7 Å². The summed E-state index contributed by atoms with van der Waals surface area (Å²) in [6.45, 7) is 2.44. The molecule has 0 unspecified atom stereocenters. The van der Waals surface area contributed by atoms with Gasteiger partial charge in [-0.25, -0.2) is 9.97 Å². The molecular formula is C23H22ClN3O3. The molecule has 2 aromatic heterocycles. The fourth-order valence-electron chi connectivity index (χ4n) is 3.11. The van der Waals surface area contributed by atoms with Crippen LogP contribution >= 0.6 is 11.6 Å². The van der Waals surface area contributed by atoms with Crippen molar-refractivity contribution in [2.45, 2.75) is 19.8 Å². The quantitative estimate of drug-likeness (QED) is 0.367. The summed E-state index contributed by atoms with van der Waals surface area (Å²) < 4.78 is 17.2. The second-order valence-corrected chi connectivity index (χ2v) is 7.24. The smallest absolute Gasteiger partial charge is 0.247 e. The number of aryl methyl sites for hydroxylation is 2. The summed E-state index contributed by atoms with van der Waals surface area (Å²) in [5.74, 6) is 3.64. The monoisotopic (exact) mass is 423 g/mol. The topological polar surface area (TPSA) is 73.2 Å². The first-order chi connectivity index (χ1) is 14.6. The second-order valence-electron chi connectivity index (χ2n) is 6.80. The third-order valence-electron chi connectivity index (χ3n) is 4.60. The van der Waals surface area contributed by atoms with Gasteiger partial charge >= 0.3 is 0 Å². The van der Waals surface area contributed by atoms with Crippen LogP contribution in [0.5, 0.6) is 11.5 Å². The molecule has 154 valence electrons. The maximum Gasteiger partial charge on any atom is 0.247 e. The molecule has 1 N–H and O–H groups in total. The fourth-order valence-corrected chi connectivity index (χ4v) is 3.23. The molecule has 4 rings (SSSR count). The lowest BCUT2D eigenvalue weighted by Gasteiger charge is -2.07. The van der Waals surface area contributed by atoms with Crippen molar-refractivity contribution in [1.82, 2.24) is 15.0 Å². The summed E-state index contributed by atoms with van der Waals surface area (Å²) in [5.41, 5.74) is 2.43. The van der Waals surface area contributed by atoms with Crippen molar-refractivity contribution in [3.05, 3.63) is 71.3 Å². The van der Waals surface area contributed by atoms with E-state index in [1.165, 1.54) is 0 Å². The Kier molecular flexibility index (Phi) is 6.05. The van der Waals surface area contributed by atoms with Gasteiger partial charge in [0, 0.05) is 29.3 Å². The summed E-state index contributed by atoms with van der Waals surface area (Å²) >= 11 is 6.04. The van der Waals surface area contributed by atoms with E-state index in [0.717, 1.165) is 40.8 Å². The minimum atomic E-state index is 0.494. The number of nitrogens with one attached hydrogen (secondary N) is 1. The van der Waals surface area contributed by atoms with Crippen molar-refractivity contribution in [2.75, 3.05) is 13.7 Å². The fraction of sp³-hybridized carbons (Fsp3) is 0.217. The van der Waals surface area contributed by atoms with E-state index in [0.29, 0.717) is 29.6 Å². The minimum Gasteiger partial charge on any atom is -0.497 e. The van der Waals surface area contributed by atoms with E-state index in [4.69, 9.17) is 30.5 Å². The Morgan fingerprint density at radius 1 is 1.07 bits per heavy atom. The number of aromatic amines is 1. The third kappa shape index (κ3) is 4.66. The second kappa shape index (κ2) is 9.05. The first-order valence-electron chi connectivity index (χ1n) is 9.67. The van der Waals surface area contributed by atoms with Gasteiger partial charge in [-0.3, -0.25) is 0 Å². The molecule has 0 radical (unpaired) electrons. The molecule has 0 spiro atoms. The molecule has 0 saturated heterocycles. The molecule has 0 aliphatic rings. The largest absolute Gasteiger partial charge is 0.497 e. The van der Waals surface area contributed by atoms with Gasteiger partial charge in [0.15, 0.2) is 0 Å². The van der Waals surface area contributed by atoms with Crippen LogP contribution in [0.3, 0.4) is 0 Å². The number of methoxy groups -OCH3 is 1. The summed E-state index contributed by atoms with van der Waals surface area (Å²) in [6.07, 6.45) is 3.24. The summed E-state index contributed by atoms with van der Waals surface area (Å²) in [6, 6.07) is 15.1. The van der Waals surface area contributed by atoms with Crippen LogP contribution in [0, 0.1) is 6.92 Å². The summed E-state index contributed by atoms with van der Waals surface area (Å²) in [7, 11) is 1.64. The first kappa shape index (κ1) is 20.0. The molecule has 0 aliphatic heterocycles. The van der Waals surface area contributed by atoms with Crippen LogP contribution in [0.15, 0.2) is 59.1 Å². The lowest BCUT2D eigenvalue weighted by atomic mass is 10.1. The highest BCUT2D eigenvalue weighted by atomic mass is 35.5. The predicted octanol–water partition coefficient (Wildman–Crippen LogP) is 5.71. The van der Waals surface area contributed by atoms with Crippen molar-refractivity contribution >= 4 is 11.6 Å². The van der Waals surface area contributed by atoms with Gasteiger partial charge < -0.3 is 18.9 Å². The maximum absolute atomic E-state index is 6.09. The maximum atomic E-state index is 6.09. The van der Waals surface area contributed by atoms with Gasteiger partial charge in [-0.05, 0) is 37.6 Å². The van der Waals surface area contributed by atoms with Crippen LogP contribution < -0.4 is 9.47 Å². The molecule has 6 nitrogen and oxygen atoms in total. The van der Waals surface area contributed by atoms with Crippen molar-refractivity contribution in [3.8, 4) is 34.3 Å². The lowest BCUT2D eigenvalue weighted by Crippen LogP contribution is -2.00. The van der Waals surface area contributed by atoms with Gasteiger partial charge in [-0.2, -0.15) is 0 Å². The van der Waals surface area contributed by atoms with Crippen LogP contribution in [0.1, 0.15) is 18.0 Å². The molecule has 2 heterocycles. The molecule has 0 aliphatic carbocycles. The van der Waals surface area contributed by atoms with Gasteiger partial charge in [-0.1, -0.05) is 29.8 Å². The molecule has 0 fully saturated rings. The van der Waals surface area contributed by atoms with Crippen LogP contribution in [0.4, 0.5) is 0 Å². The van der Waals surface area contributed by atoms with Crippen molar-refractivity contribution in [1.29, 1.82) is 0 Å². The number of benzene rings is 2. The highest BCUT2D eigenvalue weighted by Gasteiger charge is 2.18. The standard InChI is InChI=1S/C23H22ClN3O3/c1-15-25-14-20(26-15)23-27-22(16-8-10-17(24)11-9-16)21(30-23)7-4-12-29-19-6-3-5-18(13-19)28-2/h3,5-6,8-11,13-14H,4,7,12H2,1-2H3,(H,25,26). The zero-order chi connectivity index (χ0) is 20.9. The first-order valence-corrected chi connectivity index (χ1v) is 10.0. The molecule has 0 saturated carbocycles. The van der Waals surface area contributed by atoms with Gasteiger partial charge in [0.25, 0.3) is 0 Å². The zero-order valence-electron chi connectivity index (χ0n) is 16.8. The van der Waals surface area contributed by atoms with Gasteiger partial charge in [0.1, 0.15) is 34.5 Å². The number of rotatable bonds is 8. The average molecular weight is 424 g/mol. The number of halogens is 1. The molecule has 0 atom stereocenters. The molecule has 7 heteroatoms. The summed E-state index contributed by atoms with van der Waals surface area (Å²) in [5, 5.41) is 0.679. The number of hydrogen-bond acceptors (Lipinski definition) is 5. The number of aromatic nitrogens is 3. The molecule has 2 aromatic carbocycles. The Morgan fingerprint density at radius 2 is 1.87 bits per heavy atom. The normalized spacial score (nSPS) is 10.9. The Labute approximate surface area is 179 Å². The number of oxazole rings is 1. The van der Waals surface area contributed by atoms with E-state index in [1.54, 1.807) is 13.3 Å². The minimum absolute atomic E-state index is 0.494. The van der Waals surface area contributed by atoms with Crippen molar-refractivity contribution in [3.63, 3.8) is 0 Å². The molecule has 0 amide bonds. The Bertz CT molecular complexity index is 1120. The number of H-pyrrole nitrogens is 1. The molecular weight excluding hydrogens is 402 g/mol. The van der Waals surface area contributed by atoms with Crippen LogP contribution in [-0.4, -0.2) is 28.7 Å². The molecule has 4 aromatic rings. The van der Waals surface area contributed by atoms with E-state index in [2.05, 4.69) is 9.97 Å². The van der Waals surface area contributed by atoms with Crippen molar-refractivity contribution in [2.24, 2.45) is 0 Å². The third-order valence-corrected chi connectivity index (χ3v) is 4.85. The highest BCUT2D eigenvalue weighted by Crippen LogP contribution is 2.30. The number of imidazole rings is 1. The van der Waals surface area contributed by atoms with E-state index >= 15 is 0 Å². The van der Waals surface area contributed by atoms with Crippen LogP contribution in [0.2, 0.25) is 5.02 Å². The highest BCUT2D eigenvalue weighted by molar-refractivity contribution is 6.30. The molecule has 0 bridgehead atoms. The van der Waals surface area contributed by atoms with Crippen LogP contribution in [0.25, 0.3) is 22.8 Å². The van der Waals surface area contributed by atoms with Gasteiger partial charge in [0.2, 0.25) is 5.89 Å². The average Bonchev–Trinajstić information content (AvgIpc) is 3.38. The zero-order valence-corrected chi connectivity index (χ0v) is 17.6. The van der Waals surface area contributed by atoms with E-state index in [1.807, 2.05) is 55.5 Å². The Hall–Kier alpha value is -3.25. The Morgan fingerprint density at radius 3 is 2.60 bits per heavy atom. The van der Waals surface area contributed by atoms with E-state index in [9.17, 15) is 0 Å². The predicted molar refractivity (Wildman–Crippen MR) is 116 cm³/mol. The van der Waals surface area contributed by atoms with Crippen molar-refractivity contribution < 1.29 is 13.9 Å². The van der Waals surface area contributed by atoms with Crippen LogP contribution in [-0.2, 0) is 6.42 Å². The molecule has 30 heavy (non-hydrogen) atoms. The van der Waals surface area contributed by atoms with Gasteiger partial charge in [-0.15, -0.1) is 0 Å². The summed E-state index contributed by atoms with van der Waals surface area (Å²) in [4.78, 5) is 12.2. The van der Waals surface area contributed by atoms with E-state index in [-0.39, 0.29) is 0 Å². The SMILES string of the molecule is COc1cccc(OCCCc2oc(-c3c[nH]c(C)n3)nc2-c2ccc(Cl)cc2)c1. The Balaban J connectivity index is 1.50. The number of hydrogen-bond donors (Lipinski definition) is 1. The van der Waals surface area contributed by atoms with E-state index < -0.39 is 0 Å².